The number of hydrogen-bond donors (Lipinski definition) is 1. The van der Waals surface area contributed by atoms with Gasteiger partial charge in [-0.05, 0) is 12.5 Å². The smallest absolute Gasteiger partial charge is 0.106 e. The van der Waals surface area contributed by atoms with Crippen molar-refractivity contribution in [2.24, 2.45) is 0 Å². The summed E-state index contributed by atoms with van der Waals surface area (Å²) < 4.78 is 11.4. The summed E-state index contributed by atoms with van der Waals surface area (Å²) in [7, 11) is 1.82. The van der Waals surface area contributed by atoms with Crippen LogP contribution in [-0.4, -0.2) is 56.5 Å². The molecule has 0 spiro atoms. The Kier molecular flexibility index (Phi) is 4.60. The highest BCUT2D eigenvalue weighted by Gasteiger charge is 2.40. The lowest BCUT2D eigenvalue weighted by molar-refractivity contribution is -0.0549. The highest BCUT2D eigenvalue weighted by atomic mass is 16.5. The van der Waals surface area contributed by atoms with Gasteiger partial charge in [-0.25, -0.2) is 0 Å². The molecule has 4 heteroatoms. The van der Waals surface area contributed by atoms with Gasteiger partial charge in [0.15, 0.2) is 0 Å². The van der Waals surface area contributed by atoms with Gasteiger partial charge in [0.2, 0.25) is 0 Å². The highest BCUT2D eigenvalue weighted by molar-refractivity contribution is 5.20. The number of rotatable bonds is 4. The summed E-state index contributed by atoms with van der Waals surface area (Å²) in [4.78, 5) is 2.56. The fraction of sp³-hybridized carbons (Fsp3) is 0.647. The molecular formula is C17H26N2O2. The van der Waals surface area contributed by atoms with E-state index in [1.807, 2.05) is 7.11 Å². The number of methoxy groups -OCH3 is 1. The number of nitrogens with zero attached hydrogens (tertiary/aromatic N) is 1. The normalized spacial score (nSPS) is 34.2. The maximum Gasteiger partial charge on any atom is 0.106 e. The molecule has 3 unspecified atom stereocenters. The van der Waals surface area contributed by atoms with Crippen molar-refractivity contribution in [2.75, 3.05) is 40.0 Å². The van der Waals surface area contributed by atoms with E-state index in [2.05, 4.69) is 47.5 Å². The van der Waals surface area contributed by atoms with Crippen LogP contribution in [-0.2, 0) is 9.47 Å². The first kappa shape index (κ1) is 15.0. The lowest BCUT2D eigenvalue weighted by atomic mass is 9.96. The third-order valence-corrected chi connectivity index (χ3v) is 4.78. The molecule has 1 aromatic carbocycles. The van der Waals surface area contributed by atoms with Crippen LogP contribution in [0.15, 0.2) is 30.3 Å². The molecular weight excluding hydrogens is 264 g/mol. The number of nitrogens with one attached hydrogen (secondary N) is 1. The van der Waals surface area contributed by atoms with Crippen LogP contribution in [0.25, 0.3) is 0 Å². The van der Waals surface area contributed by atoms with E-state index in [4.69, 9.17) is 9.47 Å². The summed E-state index contributed by atoms with van der Waals surface area (Å²) in [6.45, 7) is 6.75. The molecule has 2 saturated heterocycles. The van der Waals surface area contributed by atoms with Gasteiger partial charge in [-0.15, -0.1) is 0 Å². The van der Waals surface area contributed by atoms with Crippen LogP contribution in [0, 0.1) is 0 Å². The molecule has 0 aromatic heterocycles. The van der Waals surface area contributed by atoms with Gasteiger partial charge in [0.25, 0.3) is 0 Å². The standard InChI is InChI=1S/C17H26N2O2/c1-14-11-19(12-17(20-2)8-9-21-13-17)16(10-18-14)15-6-4-3-5-7-15/h3-7,14,16,18H,8-13H2,1-2H3. The van der Waals surface area contributed by atoms with Crippen LogP contribution in [0.4, 0.5) is 0 Å². The maximum absolute atomic E-state index is 5.83. The van der Waals surface area contributed by atoms with E-state index in [1.54, 1.807) is 0 Å². The van der Waals surface area contributed by atoms with Gasteiger partial charge in [0.05, 0.1) is 6.61 Å². The molecule has 3 atom stereocenters. The summed E-state index contributed by atoms with van der Waals surface area (Å²) in [6.07, 6.45) is 0.989. The lowest BCUT2D eigenvalue weighted by Gasteiger charge is -2.43. The summed E-state index contributed by atoms with van der Waals surface area (Å²) in [5.74, 6) is 0. The van der Waals surface area contributed by atoms with Gasteiger partial charge in [0.1, 0.15) is 5.60 Å². The Morgan fingerprint density at radius 2 is 2.19 bits per heavy atom. The SMILES string of the molecule is COC1(CN2CC(C)NCC2c2ccccc2)CCOC1. The van der Waals surface area contributed by atoms with Crippen molar-refractivity contribution in [3.63, 3.8) is 0 Å². The van der Waals surface area contributed by atoms with E-state index >= 15 is 0 Å². The van der Waals surface area contributed by atoms with Crippen LogP contribution in [0.2, 0.25) is 0 Å². The fourth-order valence-corrected chi connectivity index (χ4v) is 3.47. The second-order valence-electron chi connectivity index (χ2n) is 6.35. The zero-order valence-corrected chi connectivity index (χ0v) is 13.0. The Bertz CT molecular complexity index is 445. The van der Waals surface area contributed by atoms with Crippen LogP contribution >= 0.6 is 0 Å². The Balaban J connectivity index is 1.78. The number of piperazine rings is 1. The Morgan fingerprint density at radius 1 is 1.38 bits per heavy atom. The van der Waals surface area contributed by atoms with Gasteiger partial charge in [-0.2, -0.15) is 0 Å². The molecule has 2 heterocycles. The average Bonchev–Trinajstić information content (AvgIpc) is 2.97. The summed E-state index contributed by atoms with van der Waals surface area (Å²) in [5.41, 5.74) is 1.24. The second kappa shape index (κ2) is 6.44. The number of ether oxygens (including phenoxy) is 2. The topological polar surface area (TPSA) is 33.7 Å². The molecule has 0 radical (unpaired) electrons. The number of benzene rings is 1. The highest BCUT2D eigenvalue weighted by Crippen LogP contribution is 2.30. The largest absolute Gasteiger partial charge is 0.378 e. The number of hydrogen-bond acceptors (Lipinski definition) is 4. The first-order valence-corrected chi connectivity index (χ1v) is 7.88. The molecule has 4 nitrogen and oxygen atoms in total. The van der Waals surface area contributed by atoms with Crippen molar-refractivity contribution in [3.05, 3.63) is 35.9 Å². The summed E-state index contributed by atoms with van der Waals surface area (Å²) in [6, 6.07) is 11.7. The van der Waals surface area contributed by atoms with Crippen LogP contribution in [0.3, 0.4) is 0 Å². The minimum Gasteiger partial charge on any atom is -0.378 e. The molecule has 1 aromatic rings. The Labute approximate surface area is 127 Å². The fourth-order valence-electron chi connectivity index (χ4n) is 3.47. The second-order valence-corrected chi connectivity index (χ2v) is 6.35. The average molecular weight is 290 g/mol. The van der Waals surface area contributed by atoms with E-state index in [-0.39, 0.29) is 5.60 Å². The van der Waals surface area contributed by atoms with E-state index in [9.17, 15) is 0 Å². The monoisotopic (exact) mass is 290 g/mol. The predicted molar refractivity (Wildman–Crippen MR) is 83.4 cm³/mol. The Hall–Kier alpha value is -0.940. The van der Waals surface area contributed by atoms with E-state index in [1.165, 1.54) is 5.56 Å². The summed E-state index contributed by atoms with van der Waals surface area (Å²) in [5, 5.41) is 3.60. The van der Waals surface area contributed by atoms with Crippen LogP contribution in [0.5, 0.6) is 0 Å². The van der Waals surface area contributed by atoms with Gasteiger partial charge in [-0.3, -0.25) is 4.90 Å². The van der Waals surface area contributed by atoms with Gasteiger partial charge in [-0.1, -0.05) is 30.3 Å². The van der Waals surface area contributed by atoms with Crippen LogP contribution in [0.1, 0.15) is 24.9 Å². The quantitative estimate of drug-likeness (QED) is 0.917. The Morgan fingerprint density at radius 3 is 2.86 bits per heavy atom. The van der Waals surface area contributed by atoms with Crippen molar-refractivity contribution < 1.29 is 9.47 Å². The third kappa shape index (κ3) is 3.29. The maximum atomic E-state index is 5.83. The molecule has 0 amide bonds. The van der Waals surface area contributed by atoms with E-state index in [0.29, 0.717) is 18.7 Å². The molecule has 21 heavy (non-hydrogen) atoms. The van der Waals surface area contributed by atoms with Crippen molar-refractivity contribution in [2.45, 2.75) is 31.0 Å². The van der Waals surface area contributed by atoms with Gasteiger partial charge in [0, 0.05) is 51.9 Å². The first-order chi connectivity index (χ1) is 10.2. The molecule has 2 aliphatic heterocycles. The minimum atomic E-state index is -0.135. The molecule has 1 N–H and O–H groups in total. The molecule has 2 aliphatic rings. The zero-order valence-electron chi connectivity index (χ0n) is 13.0. The zero-order chi connectivity index (χ0) is 14.7. The predicted octanol–water partition coefficient (Wildman–Crippen LogP) is 1.83. The van der Waals surface area contributed by atoms with E-state index < -0.39 is 0 Å². The lowest BCUT2D eigenvalue weighted by Crippen LogP contribution is -2.56. The first-order valence-electron chi connectivity index (χ1n) is 7.88. The molecule has 0 aliphatic carbocycles. The van der Waals surface area contributed by atoms with Gasteiger partial charge >= 0.3 is 0 Å². The van der Waals surface area contributed by atoms with Crippen molar-refractivity contribution in [3.8, 4) is 0 Å². The minimum absolute atomic E-state index is 0.135. The molecule has 3 rings (SSSR count). The molecule has 0 bridgehead atoms. The van der Waals surface area contributed by atoms with Crippen molar-refractivity contribution in [1.82, 2.24) is 10.2 Å². The molecule has 0 saturated carbocycles. The molecule has 116 valence electrons. The van der Waals surface area contributed by atoms with Crippen LogP contribution < -0.4 is 5.32 Å². The van der Waals surface area contributed by atoms with E-state index in [0.717, 1.165) is 32.7 Å². The third-order valence-electron chi connectivity index (χ3n) is 4.78. The molecule has 2 fully saturated rings. The van der Waals surface area contributed by atoms with Crippen molar-refractivity contribution >= 4 is 0 Å². The van der Waals surface area contributed by atoms with Gasteiger partial charge < -0.3 is 14.8 Å². The summed E-state index contributed by atoms with van der Waals surface area (Å²) >= 11 is 0. The van der Waals surface area contributed by atoms with Crippen molar-refractivity contribution in [1.29, 1.82) is 0 Å².